The van der Waals surface area contributed by atoms with Crippen molar-refractivity contribution in [3.8, 4) is 0 Å². The normalized spacial score (nSPS) is 18.0. The number of rotatable bonds is 3. The predicted molar refractivity (Wildman–Crippen MR) is 72.8 cm³/mol. The van der Waals surface area contributed by atoms with Crippen LogP contribution in [0.15, 0.2) is 65.7 Å². The maximum Gasteiger partial charge on any atom is 0.218 e. The molecule has 18 heavy (non-hydrogen) atoms. The van der Waals surface area contributed by atoms with Gasteiger partial charge in [-0.2, -0.15) is 0 Å². The summed E-state index contributed by atoms with van der Waals surface area (Å²) >= 11 is 0. The van der Waals surface area contributed by atoms with Crippen LogP contribution in [0.5, 0.6) is 0 Å². The molecule has 2 aromatic carbocycles. The second-order valence-electron chi connectivity index (χ2n) is 4.14. The van der Waals surface area contributed by atoms with Gasteiger partial charge in [-0.05, 0) is 24.3 Å². The Morgan fingerprint density at radius 2 is 1.61 bits per heavy atom. The van der Waals surface area contributed by atoms with E-state index in [0.717, 1.165) is 11.3 Å². The van der Waals surface area contributed by atoms with Crippen molar-refractivity contribution in [2.24, 2.45) is 4.99 Å². The molecule has 3 rings (SSSR count). The van der Waals surface area contributed by atoms with Crippen molar-refractivity contribution in [1.82, 2.24) is 0 Å². The molecular formula is C15H14N2O. The number of aliphatic imine (C=N–C) groups is 1. The number of anilines is 1. The van der Waals surface area contributed by atoms with Crippen LogP contribution in [-0.2, 0) is 4.74 Å². The average Bonchev–Trinajstić information content (AvgIpc) is 2.89. The summed E-state index contributed by atoms with van der Waals surface area (Å²) in [5.74, 6) is 0.712. The fourth-order valence-corrected chi connectivity index (χ4v) is 1.91. The number of para-hydroxylation sites is 1. The number of hydrogen-bond donors (Lipinski definition) is 1. The molecule has 0 spiro atoms. The third-order valence-corrected chi connectivity index (χ3v) is 2.78. The molecule has 0 fully saturated rings. The highest BCUT2D eigenvalue weighted by atomic mass is 16.5. The van der Waals surface area contributed by atoms with Crippen molar-refractivity contribution < 1.29 is 4.74 Å². The van der Waals surface area contributed by atoms with E-state index in [2.05, 4.69) is 10.3 Å². The van der Waals surface area contributed by atoms with Gasteiger partial charge in [-0.15, -0.1) is 0 Å². The molecule has 0 radical (unpaired) electrons. The van der Waals surface area contributed by atoms with E-state index in [1.54, 1.807) is 0 Å². The Labute approximate surface area is 106 Å². The molecule has 1 aliphatic heterocycles. The van der Waals surface area contributed by atoms with Gasteiger partial charge in [0.25, 0.3) is 0 Å². The van der Waals surface area contributed by atoms with E-state index in [9.17, 15) is 0 Å². The molecular weight excluding hydrogens is 224 g/mol. The number of ether oxygens (including phenoxy) is 1. The van der Waals surface area contributed by atoms with Crippen molar-refractivity contribution >= 4 is 11.6 Å². The highest BCUT2D eigenvalue weighted by molar-refractivity contribution is 5.95. The van der Waals surface area contributed by atoms with E-state index >= 15 is 0 Å². The highest BCUT2D eigenvalue weighted by Gasteiger charge is 2.19. The number of hydrogen-bond acceptors (Lipinski definition) is 3. The lowest BCUT2D eigenvalue weighted by molar-refractivity contribution is 0.326. The molecule has 90 valence electrons. The zero-order valence-electron chi connectivity index (χ0n) is 9.91. The third kappa shape index (κ3) is 2.35. The van der Waals surface area contributed by atoms with Crippen LogP contribution in [0, 0.1) is 0 Å². The van der Waals surface area contributed by atoms with Gasteiger partial charge in [-0.3, -0.25) is 0 Å². The largest absolute Gasteiger partial charge is 0.473 e. The summed E-state index contributed by atoms with van der Waals surface area (Å²) in [6.45, 7) is 0.569. The summed E-state index contributed by atoms with van der Waals surface area (Å²) in [6.07, 6.45) is -0.0115. The molecule has 0 aliphatic carbocycles. The van der Waals surface area contributed by atoms with Gasteiger partial charge in [0.15, 0.2) is 6.17 Å². The number of nitrogens with one attached hydrogen (secondary N) is 1. The lowest BCUT2D eigenvalue weighted by atomic mass is 10.2. The maximum atomic E-state index is 5.61. The lowest BCUT2D eigenvalue weighted by Gasteiger charge is -2.08. The van der Waals surface area contributed by atoms with Gasteiger partial charge < -0.3 is 10.1 Å². The van der Waals surface area contributed by atoms with Gasteiger partial charge in [0.05, 0.1) is 0 Å². The fourth-order valence-electron chi connectivity index (χ4n) is 1.91. The first-order chi connectivity index (χ1) is 8.92. The van der Waals surface area contributed by atoms with E-state index in [1.807, 2.05) is 60.7 Å². The van der Waals surface area contributed by atoms with E-state index in [0.29, 0.717) is 12.5 Å². The molecule has 0 bridgehead atoms. The van der Waals surface area contributed by atoms with Crippen LogP contribution in [0.25, 0.3) is 0 Å². The number of nitrogens with zero attached hydrogens (tertiary/aromatic N) is 1. The maximum absolute atomic E-state index is 5.61. The lowest BCUT2D eigenvalue weighted by Crippen LogP contribution is -2.17. The summed E-state index contributed by atoms with van der Waals surface area (Å²) < 4.78 is 5.61. The van der Waals surface area contributed by atoms with Crippen LogP contribution in [0.1, 0.15) is 5.56 Å². The van der Waals surface area contributed by atoms with Crippen molar-refractivity contribution in [3.63, 3.8) is 0 Å². The first kappa shape index (κ1) is 10.8. The monoisotopic (exact) mass is 238 g/mol. The van der Waals surface area contributed by atoms with Crippen molar-refractivity contribution in [1.29, 1.82) is 0 Å². The van der Waals surface area contributed by atoms with Crippen molar-refractivity contribution in [2.45, 2.75) is 6.17 Å². The molecule has 3 heteroatoms. The van der Waals surface area contributed by atoms with E-state index in [-0.39, 0.29) is 6.17 Å². The minimum Gasteiger partial charge on any atom is -0.473 e. The van der Waals surface area contributed by atoms with Crippen molar-refractivity contribution in [3.05, 3.63) is 66.2 Å². The zero-order chi connectivity index (χ0) is 12.2. The number of benzene rings is 2. The van der Waals surface area contributed by atoms with E-state index < -0.39 is 0 Å². The van der Waals surface area contributed by atoms with Crippen LogP contribution in [0.4, 0.5) is 5.69 Å². The summed E-state index contributed by atoms with van der Waals surface area (Å²) in [5, 5.41) is 3.33. The summed E-state index contributed by atoms with van der Waals surface area (Å²) in [6, 6.07) is 20.0. The average molecular weight is 238 g/mol. The Morgan fingerprint density at radius 1 is 0.944 bits per heavy atom. The minimum atomic E-state index is -0.0115. The van der Waals surface area contributed by atoms with E-state index in [4.69, 9.17) is 4.74 Å². The van der Waals surface area contributed by atoms with Gasteiger partial charge in [0, 0.05) is 11.3 Å². The molecule has 1 N–H and O–H groups in total. The summed E-state index contributed by atoms with van der Waals surface area (Å²) in [7, 11) is 0. The van der Waals surface area contributed by atoms with Crippen LogP contribution in [0.3, 0.4) is 0 Å². The highest BCUT2D eigenvalue weighted by Crippen LogP contribution is 2.15. The Bertz CT molecular complexity index is 537. The fraction of sp³-hybridized carbons (Fsp3) is 0.133. The van der Waals surface area contributed by atoms with Gasteiger partial charge in [0.1, 0.15) is 6.61 Å². The molecule has 0 amide bonds. The molecule has 1 unspecified atom stereocenters. The van der Waals surface area contributed by atoms with Gasteiger partial charge in [-0.25, -0.2) is 4.99 Å². The Balaban J connectivity index is 1.73. The molecule has 0 saturated carbocycles. The first-order valence-electron chi connectivity index (χ1n) is 5.99. The minimum absolute atomic E-state index is 0.0115. The molecule has 0 aromatic heterocycles. The van der Waals surface area contributed by atoms with E-state index in [1.165, 1.54) is 0 Å². The van der Waals surface area contributed by atoms with Gasteiger partial charge >= 0.3 is 0 Å². The Hall–Kier alpha value is -2.29. The van der Waals surface area contributed by atoms with Crippen LogP contribution < -0.4 is 5.32 Å². The molecule has 1 atom stereocenters. The second kappa shape index (κ2) is 4.92. The Morgan fingerprint density at radius 3 is 2.33 bits per heavy atom. The molecule has 2 aromatic rings. The topological polar surface area (TPSA) is 33.6 Å². The second-order valence-corrected chi connectivity index (χ2v) is 4.14. The first-order valence-corrected chi connectivity index (χ1v) is 5.99. The molecule has 1 aliphatic rings. The van der Waals surface area contributed by atoms with Gasteiger partial charge in [0.2, 0.25) is 5.90 Å². The van der Waals surface area contributed by atoms with Crippen LogP contribution >= 0.6 is 0 Å². The molecule has 0 saturated heterocycles. The summed E-state index contributed by atoms with van der Waals surface area (Å²) in [4.78, 5) is 4.54. The SMILES string of the molecule is c1ccc(NC2COC(c3ccccc3)=N2)cc1. The predicted octanol–water partition coefficient (Wildman–Crippen LogP) is 2.90. The quantitative estimate of drug-likeness (QED) is 0.892. The van der Waals surface area contributed by atoms with Crippen molar-refractivity contribution in [2.75, 3.05) is 11.9 Å². The molecule has 1 heterocycles. The smallest absolute Gasteiger partial charge is 0.218 e. The van der Waals surface area contributed by atoms with Gasteiger partial charge in [-0.1, -0.05) is 36.4 Å². The standard InChI is InChI=1S/C15H14N2O/c1-3-7-12(8-4-1)15-17-14(11-18-15)16-13-9-5-2-6-10-13/h1-10,14,16H,11H2. The molecule has 3 nitrogen and oxygen atoms in total. The van der Waals surface area contributed by atoms with Crippen LogP contribution in [-0.4, -0.2) is 18.7 Å². The third-order valence-electron chi connectivity index (χ3n) is 2.78. The van der Waals surface area contributed by atoms with Crippen LogP contribution in [0.2, 0.25) is 0 Å². The summed E-state index contributed by atoms with van der Waals surface area (Å²) in [5.41, 5.74) is 2.08. The Kier molecular flexibility index (Phi) is 2.96. The zero-order valence-corrected chi connectivity index (χ0v) is 9.91.